The zero-order chi connectivity index (χ0) is 15.5. The van der Waals surface area contributed by atoms with Gasteiger partial charge in [0.05, 0.1) is 6.20 Å². The Balaban J connectivity index is 2.01. The molecule has 112 valence electrons. The summed E-state index contributed by atoms with van der Waals surface area (Å²) in [5.74, 6) is 1.79. The zero-order valence-electron chi connectivity index (χ0n) is 12.6. The van der Waals surface area contributed by atoms with Crippen molar-refractivity contribution in [2.45, 2.75) is 13.3 Å². The van der Waals surface area contributed by atoms with Gasteiger partial charge in [0.2, 0.25) is 0 Å². The normalized spacial score (nSPS) is 15.0. The maximum Gasteiger partial charge on any atom is 0.150 e. The maximum absolute atomic E-state index is 6.19. The number of nitrogens with two attached hydrogens (primary N) is 1. The van der Waals surface area contributed by atoms with Crippen molar-refractivity contribution >= 4 is 29.2 Å². The molecule has 3 heterocycles. The van der Waals surface area contributed by atoms with Crippen molar-refractivity contribution in [3.8, 4) is 0 Å². The van der Waals surface area contributed by atoms with E-state index in [0.29, 0.717) is 17.5 Å². The van der Waals surface area contributed by atoms with E-state index in [1.165, 1.54) is 0 Å². The molecule has 6 nitrogen and oxygen atoms in total. The second-order valence-electron chi connectivity index (χ2n) is 5.00. The molecular formula is C16H18N6. The highest BCUT2D eigenvalue weighted by Crippen LogP contribution is 2.34. The van der Waals surface area contributed by atoms with Gasteiger partial charge in [-0.25, -0.2) is 9.97 Å². The highest BCUT2D eigenvalue weighted by Gasteiger charge is 2.19. The lowest BCUT2D eigenvalue weighted by atomic mass is 10.0. The van der Waals surface area contributed by atoms with Crippen molar-refractivity contribution < 1.29 is 0 Å². The molecule has 1 aliphatic rings. The van der Waals surface area contributed by atoms with Crippen LogP contribution in [0.4, 0.5) is 17.5 Å². The van der Waals surface area contributed by atoms with E-state index in [9.17, 15) is 0 Å². The Kier molecular flexibility index (Phi) is 3.74. The Morgan fingerprint density at radius 3 is 2.91 bits per heavy atom. The summed E-state index contributed by atoms with van der Waals surface area (Å²) in [5, 5.41) is 3.12. The van der Waals surface area contributed by atoms with E-state index in [2.05, 4.69) is 38.2 Å². The number of rotatable bonds is 3. The van der Waals surface area contributed by atoms with E-state index in [1.807, 2.05) is 25.4 Å². The number of nitrogen functional groups attached to an aromatic ring is 1. The number of hydrogen-bond acceptors (Lipinski definition) is 6. The molecule has 0 radical (unpaired) electrons. The number of nitrogens with zero attached hydrogens (tertiary/aromatic N) is 4. The summed E-state index contributed by atoms with van der Waals surface area (Å²) < 4.78 is 0. The maximum atomic E-state index is 6.19. The van der Waals surface area contributed by atoms with Crippen LogP contribution in [0.25, 0.3) is 11.8 Å². The van der Waals surface area contributed by atoms with Crippen LogP contribution in [0.15, 0.2) is 36.9 Å². The summed E-state index contributed by atoms with van der Waals surface area (Å²) in [6.45, 7) is 2.10. The van der Waals surface area contributed by atoms with Crippen LogP contribution >= 0.6 is 0 Å². The molecule has 0 aromatic carbocycles. The van der Waals surface area contributed by atoms with Crippen LogP contribution in [0.2, 0.25) is 0 Å². The van der Waals surface area contributed by atoms with Gasteiger partial charge in [0.25, 0.3) is 0 Å². The average molecular weight is 294 g/mol. The van der Waals surface area contributed by atoms with Crippen LogP contribution in [-0.2, 0) is 0 Å². The molecule has 0 amide bonds. The molecule has 22 heavy (non-hydrogen) atoms. The summed E-state index contributed by atoms with van der Waals surface area (Å²) >= 11 is 0. The SMILES string of the molecule is CC/C=C1/c2c(cc(Nc3cnccn3)nc2N)C=CN1C. The third-order valence-electron chi connectivity index (χ3n) is 3.41. The predicted octanol–water partition coefficient (Wildman–Crippen LogP) is 2.86. The fourth-order valence-electron chi connectivity index (χ4n) is 2.44. The molecule has 3 N–H and O–H groups in total. The first-order valence-electron chi connectivity index (χ1n) is 7.14. The molecule has 1 aliphatic heterocycles. The van der Waals surface area contributed by atoms with Crippen LogP contribution in [0, 0.1) is 0 Å². The molecular weight excluding hydrogens is 276 g/mol. The third-order valence-corrected chi connectivity index (χ3v) is 3.41. The van der Waals surface area contributed by atoms with E-state index in [0.717, 1.165) is 23.2 Å². The smallest absolute Gasteiger partial charge is 0.150 e. The summed E-state index contributed by atoms with van der Waals surface area (Å²) in [6.07, 6.45) is 12.0. The zero-order valence-corrected chi connectivity index (χ0v) is 12.6. The van der Waals surface area contributed by atoms with Crippen LogP contribution in [0.5, 0.6) is 0 Å². The molecule has 0 unspecified atom stereocenters. The number of nitrogens with one attached hydrogen (secondary N) is 1. The number of hydrogen-bond donors (Lipinski definition) is 2. The number of fused-ring (bicyclic) bond motifs is 1. The van der Waals surface area contributed by atoms with Crippen molar-refractivity contribution in [1.82, 2.24) is 19.9 Å². The quantitative estimate of drug-likeness (QED) is 0.906. The van der Waals surface area contributed by atoms with Gasteiger partial charge in [-0.1, -0.05) is 13.0 Å². The van der Waals surface area contributed by atoms with E-state index in [-0.39, 0.29) is 0 Å². The van der Waals surface area contributed by atoms with Crippen LogP contribution in [0.3, 0.4) is 0 Å². The van der Waals surface area contributed by atoms with Gasteiger partial charge < -0.3 is 16.0 Å². The van der Waals surface area contributed by atoms with Gasteiger partial charge in [-0.05, 0) is 24.1 Å². The predicted molar refractivity (Wildman–Crippen MR) is 89.0 cm³/mol. The molecule has 0 bridgehead atoms. The monoisotopic (exact) mass is 294 g/mol. The Bertz CT molecular complexity index is 736. The molecule has 0 spiro atoms. The van der Waals surface area contributed by atoms with Crippen LogP contribution in [0.1, 0.15) is 24.5 Å². The van der Waals surface area contributed by atoms with Crippen molar-refractivity contribution in [2.24, 2.45) is 0 Å². The molecule has 0 fully saturated rings. The Morgan fingerprint density at radius 1 is 1.32 bits per heavy atom. The number of aromatic nitrogens is 3. The Morgan fingerprint density at radius 2 is 2.18 bits per heavy atom. The molecule has 0 aliphatic carbocycles. The third kappa shape index (κ3) is 2.63. The lowest BCUT2D eigenvalue weighted by Gasteiger charge is -2.26. The second-order valence-corrected chi connectivity index (χ2v) is 5.00. The first-order valence-corrected chi connectivity index (χ1v) is 7.14. The topological polar surface area (TPSA) is 80.0 Å². The van der Waals surface area contributed by atoms with E-state index >= 15 is 0 Å². The highest BCUT2D eigenvalue weighted by atomic mass is 15.1. The van der Waals surface area contributed by atoms with Crippen LogP contribution in [-0.4, -0.2) is 26.9 Å². The molecule has 0 atom stereocenters. The molecule has 3 rings (SSSR count). The lowest BCUT2D eigenvalue weighted by Crippen LogP contribution is -2.16. The number of pyridine rings is 1. The van der Waals surface area contributed by atoms with E-state index in [4.69, 9.17) is 5.73 Å². The number of allylic oxidation sites excluding steroid dienone is 1. The highest BCUT2D eigenvalue weighted by molar-refractivity contribution is 5.84. The molecule has 2 aromatic heterocycles. The van der Waals surface area contributed by atoms with Gasteiger partial charge in [0, 0.05) is 36.9 Å². The molecule has 2 aromatic rings. The first kappa shape index (κ1) is 14.1. The Labute approximate surface area is 129 Å². The standard InChI is InChI=1S/C16H18N6/c1-3-4-12-15-11(5-8-22(12)2)9-13(21-16(15)17)20-14-10-18-6-7-19-14/h4-10H,3H2,1-2H3,(H3,17,19,20,21)/b12-4-. The van der Waals surface area contributed by atoms with Crippen molar-refractivity contribution in [2.75, 3.05) is 18.1 Å². The summed E-state index contributed by atoms with van der Waals surface area (Å²) in [4.78, 5) is 14.7. The number of anilines is 3. The molecule has 0 saturated carbocycles. The van der Waals surface area contributed by atoms with E-state index < -0.39 is 0 Å². The fourth-order valence-corrected chi connectivity index (χ4v) is 2.44. The fraction of sp³-hybridized carbons (Fsp3) is 0.188. The van der Waals surface area contributed by atoms with Gasteiger partial charge >= 0.3 is 0 Å². The van der Waals surface area contributed by atoms with Crippen molar-refractivity contribution in [3.63, 3.8) is 0 Å². The van der Waals surface area contributed by atoms with Crippen molar-refractivity contribution in [1.29, 1.82) is 0 Å². The minimum absolute atomic E-state index is 0.500. The van der Waals surface area contributed by atoms with E-state index in [1.54, 1.807) is 18.6 Å². The van der Waals surface area contributed by atoms with Crippen LogP contribution < -0.4 is 11.1 Å². The van der Waals surface area contributed by atoms with Gasteiger partial charge in [0.1, 0.15) is 17.5 Å². The average Bonchev–Trinajstić information content (AvgIpc) is 2.51. The van der Waals surface area contributed by atoms with Gasteiger partial charge in [0.15, 0.2) is 0 Å². The second kappa shape index (κ2) is 5.85. The summed E-state index contributed by atoms with van der Waals surface area (Å²) in [6, 6.07) is 1.97. The lowest BCUT2D eigenvalue weighted by molar-refractivity contribution is 0.651. The summed E-state index contributed by atoms with van der Waals surface area (Å²) in [7, 11) is 2.01. The molecule has 6 heteroatoms. The van der Waals surface area contributed by atoms with Gasteiger partial charge in [-0.2, -0.15) is 0 Å². The first-order chi connectivity index (χ1) is 10.7. The van der Waals surface area contributed by atoms with Crippen molar-refractivity contribution in [3.05, 3.63) is 48.1 Å². The Hall–Kier alpha value is -2.89. The largest absolute Gasteiger partial charge is 0.383 e. The molecule has 0 saturated heterocycles. The minimum atomic E-state index is 0.500. The van der Waals surface area contributed by atoms with Gasteiger partial charge in [-0.3, -0.25) is 4.98 Å². The summed E-state index contributed by atoms with van der Waals surface area (Å²) in [5.41, 5.74) is 9.28. The van der Waals surface area contributed by atoms with Gasteiger partial charge in [-0.15, -0.1) is 0 Å². The minimum Gasteiger partial charge on any atom is -0.383 e.